The minimum atomic E-state index is -0.571. The zero-order valence-electron chi connectivity index (χ0n) is 18.4. The van der Waals surface area contributed by atoms with Crippen molar-refractivity contribution in [2.45, 2.75) is 26.3 Å². The number of hydrogen-bond acceptors (Lipinski definition) is 7. The second-order valence-electron chi connectivity index (χ2n) is 7.70. The maximum atomic E-state index is 13.0. The molecule has 0 aliphatic carbocycles. The van der Waals surface area contributed by atoms with E-state index >= 15 is 0 Å². The molecular formula is C24H22N4O5. The first-order valence-corrected chi connectivity index (χ1v) is 10.3. The summed E-state index contributed by atoms with van der Waals surface area (Å²) >= 11 is 0. The highest BCUT2D eigenvalue weighted by molar-refractivity contribution is 6.01. The van der Waals surface area contributed by atoms with E-state index in [0.717, 1.165) is 0 Å². The van der Waals surface area contributed by atoms with Gasteiger partial charge in [-0.25, -0.2) is 4.79 Å². The van der Waals surface area contributed by atoms with Gasteiger partial charge in [0.2, 0.25) is 5.91 Å². The number of hydrogen-bond donors (Lipinski definition) is 1. The molecule has 0 aliphatic rings. The molecule has 9 nitrogen and oxygen atoms in total. The number of ether oxygens (including phenoxy) is 1. The first-order chi connectivity index (χ1) is 15.9. The van der Waals surface area contributed by atoms with Crippen LogP contribution in [0.5, 0.6) is 0 Å². The molecule has 0 atom stereocenters. The molecule has 0 unspecified atom stereocenters. The zero-order chi connectivity index (χ0) is 23.5. The van der Waals surface area contributed by atoms with Gasteiger partial charge in [-0.1, -0.05) is 49.3 Å². The number of nitrogens with zero attached hydrogens (tertiary/aromatic N) is 3. The fraction of sp³-hybridized carbons (Fsp3) is 0.208. The number of amides is 1. The van der Waals surface area contributed by atoms with Crippen molar-refractivity contribution in [3.63, 3.8) is 0 Å². The number of aromatic nitrogens is 3. The van der Waals surface area contributed by atoms with Crippen molar-refractivity contribution in [2.75, 3.05) is 12.4 Å². The summed E-state index contributed by atoms with van der Waals surface area (Å²) in [6, 6.07) is 15.1. The van der Waals surface area contributed by atoms with Gasteiger partial charge >= 0.3 is 5.97 Å². The molecule has 168 valence electrons. The summed E-state index contributed by atoms with van der Waals surface area (Å²) in [6.45, 7) is 3.64. The van der Waals surface area contributed by atoms with Crippen molar-refractivity contribution < 1.29 is 18.8 Å². The molecule has 0 fully saturated rings. The summed E-state index contributed by atoms with van der Waals surface area (Å²) in [7, 11) is 1.27. The second-order valence-corrected chi connectivity index (χ2v) is 7.70. The van der Waals surface area contributed by atoms with Gasteiger partial charge in [0.25, 0.3) is 11.4 Å². The van der Waals surface area contributed by atoms with Crippen LogP contribution in [0.15, 0.2) is 63.9 Å². The molecule has 0 spiro atoms. The largest absolute Gasteiger partial charge is 0.465 e. The Morgan fingerprint density at radius 3 is 2.58 bits per heavy atom. The second kappa shape index (κ2) is 9.07. The third kappa shape index (κ3) is 4.38. The van der Waals surface area contributed by atoms with E-state index < -0.39 is 17.4 Å². The number of esters is 1. The van der Waals surface area contributed by atoms with Gasteiger partial charge in [-0.2, -0.15) is 4.98 Å². The predicted octanol–water partition coefficient (Wildman–Crippen LogP) is 3.60. The van der Waals surface area contributed by atoms with E-state index in [1.165, 1.54) is 17.7 Å². The Labute approximate surface area is 189 Å². The van der Waals surface area contributed by atoms with E-state index in [2.05, 4.69) is 15.5 Å². The fourth-order valence-corrected chi connectivity index (χ4v) is 3.47. The maximum absolute atomic E-state index is 13.0. The van der Waals surface area contributed by atoms with Crippen molar-refractivity contribution in [1.29, 1.82) is 0 Å². The molecule has 2 aromatic carbocycles. The van der Waals surface area contributed by atoms with Gasteiger partial charge in [0.05, 0.1) is 29.4 Å². The van der Waals surface area contributed by atoms with Crippen LogP contribution in [0.25, 0.3) is 22.4 Å². The monoisotopic (exact) mass is 446 g/mol. The number of anilines is 1. The van der Waals surface area contributed by atoms with Crippen LogP contribution in [-0.4, -0.2) is 33.7 Å². The van der Waals surface area contributed by atoms with Gasteiger partial charge in [0.1, 0.15) is 6.54 Å². The summed E-state index contributed by atoms with van der Waals surface area (Å²) in [5.74, 6) is -0.173. The van der Waals surface area contributed by atoms with Gasteiger partial charge in [0, 0.05) is 17.4 Å². The van der Waals surface area contributed by atoms with Gasteiger partial charge in [-0.15, -0.1) is 0 Å². The van der Waals surface area contributed by atoms with Gasteiger partial charge in [-0.3, -0.25) is 14.2 Å². The highest BCUT2D eigenvalue weighted by Crippen LogP contribution is 2.27. The van der Waals surface area contributed by atoms with E-state index in [9.17, 15) is 14.4 Å². The third-order valence-corrected chi connectivity index (χ3v) is 5.12. The average molecular weight is 446 g/mol. The standard InChI is InChI=1S/C24H22N4O5/c1-14(2)22-26-23(33-27-22)17-12-21(30)28(19-11-7-5-8-15(17)19)13-20(29)25-18-10-6-4-9-16(18)24(31)32-3/h4-12,14H,13H2,1-3H3,(H,25,29). The van der Waals surface area contributed by atoms with Crippen LogP contribution in [0.3, 0.4) is 0 Å². The zero-order valence-corrected chi connectivity index (χ0v) is 18.4. The van der Waals surface area contributed by atoms with Crippen molar-refractivity contribution >= 4 is 28.5 Å². The number of benzene rings is 2. The lowest BCUT2D eigenvalue weighted by Gasteiger charge is -2.13. The predicted molar refractivity (Wildman–Crippen MR) is 122 cm³/mol. The third-order valence-electron chi connectivity index (χ3n) is 5.12. The molecule has 1 N–H and O–H groups in total. The van der Waals surface area contributed by atoms with Crippen molar-refractivity contribution in [2.24, 2.45) is 0 Å². The molecule has 9 heteroatoms. The Bertz CT molecular complexity index is 1400. The Kier molecular flexibility index (Phi) is 6.03. The summed E-state index contributed by atoms with van der Waals surface area (Å²) in [6.07, 6.45) is 0. The first kappa shape index (κ1) is 21.9. The van der Waals surface area contributed by atoms with Gasteiger partial charge < -0.3 is 14.6 Å². The summed E-state index contributed by atoms with van der Waals surface area (Å²) in [5, 5.41) is 7.36. The van der Waals surface area contributed by atoms with Crippen LogP contribution in [0.1, 0.15) is 35.9 Å². The first-order valence-electron chi connectivity index (χ1n) is 10.3. The van der Waals surface area contributed by atoms with Gasteiger partial charge in [-0.05, 0) is 18.2 Å². The summed E-state index contributed by atoms with van der Waals surface area (Å²) in [4.78, 5) is 42.2. The van der Waals surface area contributed by atoms with E-state index in [1.54, 1.807) is 36.4 Å². The number of rotatable bonds is 6. The van der Waals surface area contributed by atoms with E-state index in [-0.39, 0.29) is 23.9 Å². The van der Waals surface area contributed by atoms with E-state index in [1.807, 2.05) is 26.0 Å². The molecule has 0 saturated heterocycles. The van der Waals surface area contributed by atoms with Crippen LogP contribution >= 0.6 is 0 Å². The number of carbonyl (C=O) groups excluding carboxylic acids is 2. The minimum Gasteiger partial charge on any atom is -0.465 e. The number of methoxy groups -OCH3 is 1. The van der Waals surface area contributed by atoms with Crippen LogP contribution < -0.4 is 10.9 Å². The molecule has 1 amide bonds. The van der Waals surface area contributed by atoms with Crippen molar-refractivity contribution in [3.8, 4) is 11.5 Å². The highest BCUT2D eigenvalue weighted by Gasteiger charge is 2.19. The lowest BCUT2D eigenvalue weighted by Crippen LogP contribution is -2.28. The van der Waals surface area contributed by atoms with Crippen molar-refractivity contribution in [1.82, 2.24) is 14.7 Å². The normalized spacial score (nSPS) is 11.0. The number of pyridine rings is 1. The minimum absolute atomic E-state index is 0.0747. The molecule has 0 saturated carbocycles. The van der Waals surface area contributed by atoms with Crippen LogP contribution in [-0.2, 0) is 16.1 Å². The van der Waals surface area contributed by atoms with Crippen LogP contribution in [0, 0.1) is 0 Å². The molecule has 4 aromatic rings. The Morgan fingerprint density at radius 2 is 1.85 bits per heavy atom. The highest BCUT2D eigenvalue weighted by atomic mass is 16.5. The van der Waals surface area contributed by atoms with E-state index in [4.69, 9.17) is 9.26 Å². The van der Waals surface area contributed by atoms with Gasteiger partial charge in [0.15, 0.2) is 5.82 Å². The SMILES string of the molecule is COC(=O)c1ccccc1NC(=O)Cn1c(=O)cc(-c2nc(C(C)C)no2)c2ccccc21. The molecule has 2 heterocycles. The topological polar surface area (TPSA) is 116 Å². The van der Waals surface area contributed by atoms with E-state index in [0.29, 0.717) is 28.0 Å². The van der Waals surface area contributed by atoms with Crippen LogP contribution in [0.4, 0.5) is 5.69 Å². The summed E-state index contributed by atoms with van der Waals surface area (Å²) < 4.78 is 11.5. The molecule has 2 aromatic heterocycles. The quantitative estimate of drug-likeness (QED) is 0.450. The lowest BCUT2D eigenvalue weighted by atomic mass is 10.1. The summed E-state index contributed by atoms with van der Waals surface area (Å²) in [5.41, 5.74) is 1.17. The molecule has 33 heavy (non-hydrogen) atoms. The number of para-hydroxylation sites is 2. The Morgan fingerprint density at radius 1 is 1.12 bits per heavy atom. The number of nitrogens with one attached hydrogen (secondary N) is 1. The molecule has 0 bridgehead atoms. The molecule has 0 aliphatic heterocycles. The smallest absolute Gasteiger partial charge is 0.339 e. The Hall–Kier alpha value is -4.27. The van der Waals surface area contributed by atoms with Crippen LogP contribution in [0.2, 0.25) is 0 Å². The fourth-order valence-electron chi connectivity index (χ4n) is 3.47. The molecule has 4 rings (SSSR count). The number of fused-ring (bicyclic) bond motifs is 1. The number of carbonyl (C=O) groups is 2. The molecule has 0 radical (unpaired) electrons. The molecular weight excluding hydrogens is 424 g/mol. The van der Waals surface area contributed by atoms with Crippen molar-refractivity contribution in [3.05, 3.63) is 76.3 Å². The maximum Gasteiger partial charge on any atom is 0.339 e. The lowest BCUT2D eigenvalue weighted by molar-refractivity contribution is -0.116. The average Bonchev–Trinajstić information content (AvgIpc) is 3.31. The Balaban J connectivity index is 1.70.